The van der Waals surface area contributed by atoms with Gasteiger partial charge in [0, 0.05) is 0 Å². The molecule has 0 aromatic carbocycles. The van der Waals surface area contributed by atoms with E-state index in [0.717, 1.165) is 0 Å². The van der Waals surface area contributed by atoms with Crippen LogP contribution in [0.4, 0.5) is 4.39 Å². The van der Waals surface area contributed by atoms with Crippen LogP contribution in [0.5, 0.6) is 0 Å². The molecule has 0 aliphatic rings. The van der Waals surface area contributed by atoms with Crippen molar-refractivity contribution in [1.82, 2.24) is 0 Å². The average Bonchev–Trinajstić information content (AvgIpc) is 2.24. The summed E-state index contributed by atoms with van der Waals surface area (Å²) in [6.45, 7) is 12.3. The molecule has 0 saturated carbocycles. The smallest absolute Gasteiger partial charge is 0.227 e. The first-order valence-corrected chi connectivity index (χ1v) is 5.20. The molecule has 14 heavy (non-hydrogen) atoms. The predicted molar refractivity (Wildman–Crippen MR) is 61.0 cm³/mol. The third-order valence-electron chi connectivity index (χ3n) is 1.37. The average molecular weight is 202 g/mol. The van der Waals surface area contributed by atoms with E-state index in [1.54, 1.807) is 6.92 Å². The van der Waals surface area contributed by atoms with Crippen LogP contribution in [0, 0.1) is 11.8 Å². The van der Waals surface area contributed by atoms with Gasteiger partial charge in [-0.05, 0) is 20.3 Å². The Hall–Kier alpha value is -0.840. The molecule has 0 bridgehead atoms. The number of alkyl halides is 1. The Morgan fingerprint density at radius 1 is 1.29 bits per heavy atom. The molecule has 0 aromatic rings. The topological polar surface area (TPSA) is 17.1 Å². The van der Waals surface area contributed by atoms with Crippen molar-refractivity contribution in [2.75, 3.05) is 0 Å². The second kappa shape index (κ2) is 12.2. The van der Waals surface area contributed by atoms with Crippen LogP contribution in [0.1, 0.15) is 54.9 Å². The molecule has 0 radical (unpaired) electrons. The molecule has 0 aliphatic heterocycles. The van der Waals surface area contributed by atoms with Crippen LogP contribution >= 0.6 is 0 Å². The third kappa shape index (κ3) is 7.79. The summed E-state index contributed by atoms with van der Waals surface area (Å²) in [5.74, 6) is 4.13. The molecule has 1 unspecified atom stereocenters. The lowest BCUT2D eigenvalue weighted by molar-refractivity contribution is -0.125. The monoisotopic (exact) mass is 202 g/mol. The van der Waals surface area contributed by atoms with Crippen molar-refractivity contribution in [2.45, 2.75) is 60.6 Å². The van der Waals surface area contributed by atoms with E-state index < -0.39 is 11.5 Å². The minimum atomic E-state index is -1.91. The van der Waals surface area contributed by atoms with E-state index in [0.29, 0.717) is 0 Å². The van der Waals surface area contributed by atoms with E-state index in [2.05, 4.69) is 11.8 Å². The Labute approximate surface area is 88.1 Å². The molecule has 0 fully saturated rings. The molecule has 0 heterocycles. The van der Waals surface area contributed by atoms with E-state index >= 15 is 0 Å². The Balaban J connectivity index is -0.000000266. The molecule has 0 saturated heterocycles. The molecular formula is C12H23FO. The molecule has 0 aliphatic carbocycles. The van der Waals surface area contributed by atoms with Crippen molar-refractivity contribution in [3.63, 3.8) is 0 Å². The summed E-state index contributed by atoms with van der Waals surface area (Å²) in [5.41, 5.74) is -1.91. The van der Waals surface area contributed by atoms with Crippen molar-refractivity contribution in [3.05, 3.63) is 0 Å². The highest BCUT2D eigenvalue weighted by Gasteiger charge is 2.30. The third-order valence-corrected chi connectivity index (χ3v) is 1.37. The summed E-state index contributed by atoms with van der Waals surface area (Å²) < 4.78 is 13.1. The summed E-state index contributed by atoms with van der Waals surface area (Å²) in [7, 11) is 0. The minimum absolute atomic E-state index is 0.128. The van der Waals surface area contributed by atoms with Gasteiger partial charge in [0.1, 0.15) is 0 Å². The van der Waals surface area contributed by atoms with Crippen LogP contribution in [0.25, 0.3) is 0 Å². The quantitative estimate of drug-likeness (QED) is 0.623. The number of hydrogen-bond acceptors (Lipinski definition) is 1. The lowest BCUT2D eigenvalue weighted by Gasteiger charge is -2.11. The predicted octanol–water partition coefficient (Wildman–Crippen LogP) is 3.77. The zero-order valence-electron chi connectivity index (χ0n) is 10.5. The molecule has 0 N–H and O–H groups in total. The van der Waals surface area contributed by atoms with Crippen LogP contribution in [0.2, 0.25) is 0 Å². The lowest BCUT2D eigenvalue weighted by Crippen LogP contribution is -2.28. The molecular weight excluding hydrogens is 179 g/mol. The van der Waals surface area contributed by atoms with Gasteiger partial charge in [-0.1, -0.05) is 40.5 Å². The second-order valence-electron chi connectivity index (χ2n) is 2.09. The standard InChI is InChI=1S/C8H11FO.2C2H6/c1-4-6-8(9,5-2)7(3)10;2*1-2/h5H2,1-3H3;2*1-2H3. The Bertz CT molecular complexity index is 188. The normalized spacial score (nSPS) is 11.4. The van der Waals surface area contributed by atoms with Crippen LogP contribution in [-0.4, -0.2) is 11.5 Å². The molecule has 0 rings (SSSR count). The number of carbonyl (C=O) groups excluding carboxylic acids is 1. The molecule has 0 spiro atoms. The number of halogens is 1. The molecule has 0 aromatic heterocycles. The van der Waals surface area contributed by atoms with Gasteiger partial charge >= 0.3 is 0 Å². The highest BCUT2D eigenvalue weighted by molar-refractivity contribution is 5.88. The van der Waals surface area contributed by atoms with E-state index in [1.165, 1.54) is 13.8 Å². The summed E-state index contributed by atoms with van der Waals surface area (Å²) in [4.78, 5) is 10.6. The van der Waals surface area contributed by atoms with Gasteiger partial charge in [0.25, 0.3) is 0 Å². The Kier molecular flexibility index (Phi) is 16.4. The van der Waals surface area contributed by atoms with Crippen LogP contribution in [0.15, 0.2) is 0 Å². The van der Waals surface area contributed by atoms with Crippen molar-refractivity contribution < 1.29 is 9.18 Å². The van der Waals surface area contributed by atoms with E-state index in [-0.39, 0.29) is 6.42 Å². The van der Waals surface area contributed by atoms with E-state index in [1.807, 2.05) is 27.7 Å². The number of hydrogen-bond donors (Lipinski definition) is 0. The van der Waals surface area contributed by atoms with Gasteiger partial charge in [-0.3, -0.25) is 4.79 Å². The summed E-state index contributed by atoms with van der Waals surface area (Å²) in [6.07, 6.45) is 0.128. The molecule has 0 amide bonds. The first kappa shape index (κ1) is 18.9. The van der Waals surface area contributed by atoms with E-state index in [4.69, 9.17) is 0 Å². The second-order valence-corrected chi connectivity index (χ2v) is 2.09. The fraction of sp³-hybridized carbons (Fsp3) is 0.750. The largest absolute Gasteiger partial charge is 0.295 e. The first-order chi connectivity index (χ1) is 6.56. The number of rotatable bonds is 2. The van der Waals surface area contributed by atoms with Crippen molar-refractivity contribution in [1.29, 1.82) is 0 Å². The van der Waals surface area contributed by atoms with Gasteiger partial charge in [-0.15, -0.1) is 5.92 Å². The van der Waals surface area contributed by atoms with Gasteiger partial charge in [-0.25, -0.2) is 4.39 Å². The van der Waals surface area contributed by atoms with Crippen LogP contribution in [-0.2, 0) is 4.79 Å². The van der Waals surface area contributed by atoms with Gasteiger partial charge in [0.15, 0.2) is 5.78 Å². The van der Waals surface area contributed by atoms with Gasteiger partial charge in [0.2, 0.25) is 5.67 Å². The maximum absolute atomic E-state index is 13.1. The van der Waals surface area contributed by atoms with Gasteiger partial charge < -0.3 is 0 Å². The molecule has 1 nitrogen and oxygen atoms in total. The lowest BCUT2D eigenvalue weighted by atomic mass is 9.99. The highest BCUT2D eigenvalue weighted by atomic mass is 19.1. The van der Waals surface area contributed by atoms with Gasteiger partial charge in [-0.2, -0.15) is 0 Å². The SMILES string of the molecule is CC.CC.CC#CC(F)(CC)C(C)=O. The Morgan fingerprint density at radius 3 is 1.71 bits per heavy atom. The Morgan fingerprint density at radius 2 is 1.64 bits per heavy atom. The number of Topliss-reactive ketones (excluding diaryl/α,β-unsaturated/α-hetero) is 1. The molecule has 84 valence electrons. The maximum Gasteiger partial charge on any atom is 0.227 e. The molecule has 1 atom stereocenters. The summed E-state index contributed by atoms with van der Waals surface area (Å²) in [6, 6.07) is 0. The fourth-order valence-electron chi connectivity index (χ4n) is 0.623. The molecule has 2 heteroatoms. The van der Waals surface area contributed by atoms with Crippen molar-refractivity contribution in [2.24, 2.45) is 0 Å². The zero-order valence-corrected chi connectivity index (χ0v) is 10.5. The minimum Gasteiger partial charge on any atom is -0.295 e. The van der Waals surface area contributed by atoms with Crippen molar-refractivity contribution in [3.8, 4) is 11.8 Å². The zero-order chi connectivity index (χ0) is 12.2. The number of ketones is 1. The summed E-state index contributed by atoms with van der Waals surface area (Å²) >= 11 is 0. The van der Waals surface area contributed by atoms with Crippen LogP contribution < -0.4 is 0 Å². The number of carbonyl (C=O) groups is 1. The first-order valence-electron chi connectivity index (χ1n) is 5.20. The maximum atomic E-state index is 13.1. The summed E-state index contributed by atoms with van der Waals surface area (Å²) in [5, 5.41) is 0. The van der Waals surface area contributed by atoms with Crippen LogP contribution in [0.3, 0.4) is 0 Å². The van der Waals surface area contributed by atoms with Gasteiger partial charge in [0.05, 0.1) is 0 Å². The fourth-order valence-corrected chi connectivity index (χ4v) is 0.623. The van der Waals surface area contributed by atoms with E-state index in [9.17, 15) is 9.18 Å². The highest BCUT2D eigenvalue weighted by Crippen LogP contribution is 2.15. The van der Waals surface area contributed by atoms with Crippen molar-refractivity contribution >= 4 is 5.78 Å².